The zero-order valence-corrected chi connectivity index (χ0v) is 9.42. The third kappa shape index (κ3) is 2.81. The van der Waals surface area contributed by atoms with Crippen LogP contribution in [0.1, 0.15) is 25.3 Å². The van der Waals surface area contributed by atoms with Gasteiger partial charge in [0.1, 0.15) is 5.75 Å². The van der Waals surface area contributed by atoms with Crippen LogP contribution in [-0.2, 0) is 5.41 Å². The number of alkyl halides is 3. The van der Waals surface area contributed by atoms with Crippen LogP contribution in [0.4, 0.5) is 13.2 Å². The molecule has 4 heteroatoms. The van der Waals surface area contributed by atoms with E-state index < -0.39 is 6.36 Å². The van der Waals surface area contributed by atoms with Gasteiger partial charge in [-0.05, 0) is 30.5 Å². The van der Waals surface area contributed by atoms with Crippen LogP contribution in [0.2, 0.25) is 0 Å². The summed E-state index contributed by atoms with van der Waals surface area (Å²) in [7, 11) is 0. The van der Waals surface area contributed by atoms with Gasteiger partial charge in [-0.1, -0.05) is 31.2 Å². The third-order valence-electron chi connectivity index (χ3n) is 3.04. The first-order valence-corrected chi connectivity index (χ1v) is 5.43. The van der Waals surface area contributed by atoms with E-state index in [-0.39, 0.29) is 11.2 Å². The molecule has 1 aliphatic carbocycles. The molecular formula is C13H13F3O. The summed E-state index contributed by atoms with van der Waals surface area (Å²) in [5.74, 6) is -0.156. The summed E-state index contributed by atoms with van der Waals surface area (Å²) in [5, 5.41) is 0. The van der Waals surface area contributed by atoms with E-state index in [0.717, 1.165) is 18.4 Å². The molecule has 2 rings (SSSR count). The van der Waals surface area contributed by atoms with E-state index in [1.807, 2.05) is 19.1 Å². The van der Waals surface area contributed by atoms with Crippen molar-refractivity contribution < 1.29 is 17.9 Å². The van der Waals surface area contributed by atoms with Gasteiger partial charge in [-0.3, -0.25) is 0 Å². The minimum atomic E-state index is -4.63. The van der Waals surface area contributed by atoms with Crippen molar-refractivity contribution in [2.75, 3.05) is 0 Å². The maximum absolute atomic E-state index is 12.1. The largest absolute Gasteiger partial charge is 0.573 e. The molecule has 0 fully saturated rings. The van der Waals surface area contributed by atoms with Crippen molar-refractivity contribution in [1.82, 2.24) is 0 Å². The van der Waals surface area contributed by atoms with E-state index in [0.29, 0.717) is 0 Å². The maximum atomic E-state index is 12.1. The third-order valence-corrected chi connectivity index (χ3v) is 3.04. The number of hydrogen-bond acceptors (Lipinski definition) is 1. The molecule has 92 valence electrons. The van der Waals surface area contributed by atoms with Gasteiger partial charge in [0.05, 0.1) is 0 Å². The molecule has 0 radical (unpaired) electrons. The summed E-state index contributed by atoms with van der Waals surface area (Å²) < 4.78 is 40.3. The van der Waals surface area contributed by atoms with Gasteiger partial charge >= 0.3 is 6.36 Å². The number of ether oxygens (including phenoxy) is 1. The Bertz CT molecular complexity index is 437. The molecule has 1 atom stereocenters. The fourth-order valence-corrected chi connectivity index (χ4v) is 2.10. The average Bonchev–Trinajstić information content (AvgIpc) is 2.64. The quantitative estimate of drug-likeness (QED) is 0.706. The van der Waals surface area contributed by atoms with Gasteiger partial charge in [0, 0.05) is 5.41 Å². The van der Waals surface area contributed by atoms with Crippen LogP contribution in [0.3, 0.4) is 0 Å². The lowest BCUT2D eigenvalue weighted by Gasteiger charge is -2.23. The van der Waals surface area contributed by atoms with Crippen LogP contribution >= 0.6 is 0 Å². The van der Waals surface area contributed by atoms with Gasteiger partial charge in [0.15, 0.2) is 0 Å². The summed E-state index contributed by atoms with van der Waals surface area (Å²) >= 11 is 0. The molecule has 0 saturated carbocycles. The fraction of sp³-hybridized carbons (Fsp3) is 0.385. The summed E-state index contributed by atoms with van der Waals surface area (Å²) in [6, 6.07) is 6.20. The molecule has 0 spiro atoms. The van der Waals surface area contributed by atoms with Crippen molar-refractivity contribution in [3.63, 3.8) is 0 Å². The molecule has 0 unspecified atom stereocenters. The van der Waals surface area contributed by atoms with Gasteiger partial charge in [0.2, 0.25) is 0 Å². The molecule has 1 aromatic carbocycles. The van der Waals surface area contributed by atoms with Crippen LogP contribution in [0.5, 0.6) is 5.75 Å². The van der Waals surface area contributed by atoms with Crippen LogP contribution in [-0.4, -0.2) is 6.36 Å². The fourth-order valence-electron chi connectivity index (χ4n) is 2.10. The van der Waals surface area contributed by atoms with Crippen molar-refractivity contribution in [1.29, 1.82) is 0 Å². The van der Waals surface area contributed by atoms with Gasteiger partial charge in [0.25, 0.3) is 0 Å². The molecule has 0 aliphatic heterocycles. The van der Waals surface area contributed by atoms with E-state index >= 15 is 0 Å². The number of halogens is 3. The summed E-state index contributed by atoms with van der Waals surface area (Å²) in [5.41, 5.74) is 0.679. The van der Waals surface area contributed by atoms with E-state index in [2.05, 4.69) is 10.8 Å². The van der Waals surface area contributed by atoms with Gasteiger partial charge < -0.3 is 4.74 Å². The summed E-state index contributed by atoms with van der Waals surface area (Å²) in [6.07, 6.45) is 1.34. The second-order valence-electron chi connectivity index (χ2n) is 4.43. The average molecular weight is 242 g/mol. The molecule has 17 heavy (non-hydrogen) atoms. The standard InChI is InChI=1S/C13H13F3O/c1-12(7-2-3-8-12)10-5-4-6-11(9-10)17-13(14,15)16/h2,4-7,9H,3,8H2,1H3/t12-/m0/s1. The molecule has 0 saturated heterocycles. The Labute approximate surface area is 97.9 Å². The number of hydrogen-bond donors (Lipinski definition) is 0. The molecule has 0 aromatic heterocycles. The molecule has 1 aromatic rings. The highest BCUT2D eigenvalue weighted by atomic mass is 19.4. The number of rotatable bonds is 2. The highest BCUT2D eigenvalue weighted by molar-refractivity contribution is 5.38. The normalized spacial score (nSPS) is 24.0. The summed E-state index contributed by atoms with van der Waals surface area (Å²) in [4.78, 5) is 0. The van der Waals surface area contributed by atoms with Crippen molar-refractivity contribution in [2.24, 2.45) is 0 Å². The SMILES string of the molecule is C[C@]1(c2cccc(OC(F)(F)F)c2)C=CCC1. The van der Waals surface area contributed by atoms with Gasteiger partial charge in [-0.15, -0.1) is 13.2 Å². The van der Waals surface area contributed by atoms with E-state index in [1.54, 1.807) is 6.07 Å². The monoisotopic (exact) mass is 242 g/mol. The maximum Gasteiger partial charge on any atom is 0.573 e. The number of allylic oxidation sites excluding steroid dienone is 2. The minimum absolute atomic E-state index is 0.156. The molecular weight excluding hydrogens is 229 g/mol. The first-order chi connectivity index (χ1) is 7.89. The Hall–Kier alpha value is -1.45. The molecule has 0 heterocycles. The smallest absolute Gasteiger partial charge is 0.406 e. The van der Waals surface area contributed by atoms with E-state index in [9.17, 15) is 13.2 Å². The molecule has 0 bridgehead atoms. The molecule has 1 aliphatic rings. The first kappa shape index (κ1) is 12.0. The van der Waals surface area contributed by atoms with E-state index in [1.165, 1.54) is 12.1 Å². The van der Waals surface area contributed by atoms with Crippen molar-refractivity contribution in [3.05, 3.63) is 42.0 Å². The Morgan fingerprint density at radius 1 is 1.29 bits per heavy atom. The highest BCUT2D eigenvalue weighted by Gasteiger charge is 2.32. The molecule has 0 amide bonds. The van der Waals surface area contributed by atoms with Gasteiger partial charge in [-0.25, -0.2) is 0 Å². The predicted molar refractivity (Wildman–Crippen MR) is 58.9 cm³/mol. The summed E-state index contributed by atoms with van der Waals surface area (Å²) in [6.45, 7) is 2.02. The Kier molecular flexibility index (Phi) is 2.89. The van der Waals surface area contributed by atoms with Crippen molar-refractivity contribution >= 4 is 0 Å². The van der Waals surface area contributed by atoms with E-state index in [4.69, 9.17) is 0 Å². The Morgan fingerprint density at radius 3 is 2.65 bits per heavy atom. The Balaban J connectivity index is 2.26. The number of benzene rings is 1. The predicted octanol–water partition coefficient (Wildman–Crippen LogP) is 4.19. The van der Waals surface area contributed by atoms with Crippen LogP contribution in [0.25, 0.3) is 0 Å². The van der Waals surface area contributed by atoms with Crippen molar-refractivity contribution in [3.8, 4) is 5.75 Å². The lowest BCUT2D eigenvalue weighted by atomic mass is 9.82. The zero-order chi connectivity index (χ0) is 12.5. The lowest BCUT2D eigenvalue weighted by Crippen LogP contribution is -2.19. The second kappa shape index (κ2) is 4.09. The lowest BCUT2D eigenvalue weighted by molar-refractivity contribution is -0.274. The van der Waals surface area contributed by atoms with Crippen molar-refractivity contribution in [2.45, 2.75) is 31.5 Å². The van der Waals surface area contributed by atoms with Crippen LogP contribution in [0.15, 0.2) is 36.4 Å². The van der Waals surface area contributed by atoms with Crippen LogP contribution in [0, 0.1) is 0 Å². The zero-order valence-electron chi connectivity index (χ0n) is 9.42. The topological polar surface area (TPSA) is 9.23 Å². The second-order valence-corrected chi connectivity index (χ2v) is 4.43. The van der Waals surface area contributed by atoms with Gasteiger partial charge in [-0.2, -0.15) is 0 Å². The first-order valence-electron chi connectivity index (χ1n) is 5.43. The molecule has 1 nitrogen and oxygen atoms in total. The molecule has 0 N–H and O–H groups in total. The highest BCUT2D eigenvalue weighted by Crippen LogP contribution is 2.37. The van der Waals surface area contributed by atoms with Crippen LogP contribution < -0.4 is 4.74 Å². The Morgan fingerprint density at radius 2 is 2.06 bits per heavy atom. The minimum Gasteiger partial charge on any atom is -0.406 e.